The number of nitrogen functional groups attached to an aromatic ring is 1. The number of pyridine rings is 1. The predicted octanol–water partition coefficient (Wildman–Crippen LogP) is 5.46. The number of carbonyl (C=O) groups is 1. The van der Waals surface area contributed by atoms with Gasteiger partial charge in [-0.1, -0.05) is 50.6 Å². The molecule has 2 aromatic carbocycles. The Hall–Kier alpha value is -3.87. The fourth-order valence-electron chi connectivity index (χ4n) is 3.32. The highest BCUT2D eigenvalue weighted by molar-refractivity contribution is 6.01. The van der Waals surface area contributed by atoms with Crippen molar-refractivity contribution < 1.29 is 4.79 Å². The Morgan fingerprint density at radius 1 is 0.968 bits per heavy atom. The second-order valence-electron chi connectivity index (χ2n) is 8.66. The van der Waals surface area contributed by atoms with Gasteiger partial charge in [-0.05, 0) is 48.4 Å². The van der Waals surface area contributed by atoms with E-state index >= 15 is 0 Å². The van der Waals surface area contributed by atoms with Gasteiger partial charge in [0.05, 0.1) is 5.39 Å². The lowest BCUT2D eigenvalue weighted by molar-refractivity contribution is 0.262. The number of carbonyl (C=O) groups excluding carboxylic acids is 1. The van der Waals surface area contributed by atoms with Crippen molar-refractivity contribution in [1.82, 2.24) is 15.2 Å². The molecule has 0 saturated carbocycles. The average molecular weight is 415 g/mol. The number of benzene rings is 2. The molecule has 4 aromatic rings. The number of hydrogen-bond acceptors (Lipinski definition) is 4. The van der Waals surface area contributed by atoms with Crippen molar-refractivity contribution in [1.29, 1.82) is 0 Å². The van der Waals surface area contributed by atoms with Crippen molar-refractivity contribution in [2.24, 2.45) is 0 Å². The number of rotatable bonds is 3. The van der Waals surface area contributed by atoms with Crippen LogP contribution in [0.25, 0.3) is 22.2 Å². The molecule has 4 rings (SSSR count). The van der Waals surface area contributed by atoms with E-state index in [0.29, 0.717) is 17.2 Å². The van der Waals surface area contributed by atoms with E-state index < -0.39 is 0 Å². The molecule has 0 unspecified atom stereocenters. The lowest BCUT2D eigenvalue weighted by atomic mass is 9.89. The first kappa shape index (κ1) is 20.4. The first-order chi connectivity index (χ1) is 14.7. The normalized spacial score (nSPS) is 11.5. The fourth-order valence-corrected chi connectivity index (χ4v) is 3.32. The van der Waals surface area contributed by atoms with E-state index in [9.17, 15) is 4.79 Å². The topological polar surface area (TPSA) is 109 Å². The van der Waals surface area contributed by atoms with Crippen molar-refractivity contribution in [2.75, 3.05) is 16.4 Å². The van der Waals surface area contributed by atoms with E-state index in [2.05, 4.69) is 52.7 Å². The van der Waals surface area contributed by atoms with Gasteiger partial charge in [-0.15, -0.1) is 0 Å². The number of amides is 2. The lowest BCUT2D eigenvalue weighted by Gasteiger charge is -2.19. The number of fused-ring (bicyclic) bond motifs is 1. The maximum atomic E-state index is 12.3. The van der Waals surface area contributed by atoms with Gasteiger partial charge in [-0.3, -0.25) is 5.10 Å². The molecule has 0 aliphatic rings. The molecule has 2 amide bonds. The minimum atomic E-state index is -0.294. The van der Waals surface area contributed by atoms with Gasteiger partial charge in [-0.2, -0.15) is 5.10 Å². The summed E-state index contributed by atoms with van der Waals surface area (Å²) in [6, 6.07) is 17.0. The molecular weight excluding hydrogens is 388 g/mol. The van der Waals surface area contributed by atoms with Crippen molar-refractivity contribution >= 4 is 34.3 Å². The summed E-state index contributed by atoms with van der Waals surface area (Å²) in [5.41, 5.74) is 12.0. The van der Waals surface area contributed by atoms with Gasteiger partial charge in [0.2, 0.25) is 0 Å². The summed E-state index contributed by atoms with van der Waals surface area (Å²) in [6.07, 6.45) is 0. The molecule has 0 aliphatic carbocycles. The second-order valence-corrected chi connectivity index (χ2v) is 8.66. The smallest absolute Gasteiger partial charge is 0.323 e. The van der Waals surface area contributed by atoms with Gasteiger partial charge in [0.15, 0.2) is 5.65 Å². The summed E-state index contributed by atoms with van der Waals surface area (Å²) in [7, 11) is 0. The van der Waals surface area contributed by atoms with Crippen LogP contribution in [0, 0.1) is 6.92 Å². The number of H-pyrrole nitrogens is 1. The van der Waals surface area contributed by atoms with Gasteiger partial charge in [0, 0.05) is 22.5 Å². The Labute approximate surface area is 181 Å². The molecule has 31 heavy (non-hydrogen) atoms. The molecule has 0 atom stereocenters. The summed E-state index contributed by atoms with van der Waals surface area (Å²) in [4.78, 5) is 17.0. The van der Waals surface area contributed by atoms with Crippen LogP contribution in [0.1, 0.15) is 32.0 Å². The van der Waals surface area contributed by atoms with Crippen LogP contribution < -0.4 is 16.4 Å². The quantitative estimate of drug-likeness (QED) is 0.357. The molecule has 7 heteroatoms. The van der Waals surface area contributed by atoms with E-state index in [1.165, 1.54) is 0 Å². The van der Waals surface area contributed by atoms with Crippen molar-refractivity contribution in [2.45, 2.75) is 33.1 Å². The Balaban J connectivity index is 1.59. The van der Waals surface area contributed by atoms with Gasteiger partial charge in [0.25, 0.3) is 0 Å². The number of aromatic amines is 1. The van der Waals surface area contributed by atoms with Gasteiger partial charge in [-0.25, -0.2) is 9.78 Å². The number of urea groups is 1. The van der Waals surface area contributed by atoms with Crippen LogP contribution in [0.5, 0.6) is 0 Å². The highest BCUT2D eigenvalue weighted by atomic mass is 16.2. The van der Waals surface area contributed by atoms with Crippen LogP contribution in [-0.2, 0) is 5.41 Å². The van der Waals surface area contributed by atoms with Crippen LogP contribution in [0.3, 0.4) is 0 Å². The van der Waals surface area contributed by atoms with Gasteiger partial charge >= 0.3 is 6.03 Å². The highest BCUT2D eigenvalue weighted by Crippen LogP contribution is 2.34. The molecule has 0 aliphatic heterocycles. The second kappa shape index (κ2) is 7.75. The average Bonchev–Trinajstić information content (AvgIpc) is 3.10. The third-order valence-electron chi connectivity index (χ3n) is 5.08. The molecule has 7 nitrogen and oxygen atoms in total. The lowest BCUT2D eigenvalue weighted by Crippen LogP contribution is -2.19. The third kappa shape index (κ3) is 4.35. The maximum Gasteiger partial charge on any atom is 0.323 e. The summed E-state index contributed by atoms with van der Waals surface area (Å²) >= 11 is 0. The number of aryl methyl sites for hydroxylation is 1. The van der Waals surface area contributed by atoms with Crippen LogP contribution in [0.4, 0.5) is 22.0 Å². The first-order valence-electron chi connectivity index (χ1n) is 10.1. The number of nitrogens with two attached hydrogens (primary N) is 1. The first-order valence-corrected chi connectivity index (χ1v) is 10.1. The predicted molar refractivity (Wildman–Crippen MR) is 126 cm³/mol. The number of nitrogens with one attached hydrogen (secondary N) is 3. The van der Waals surface area contributed by atoms with E-state index in [1.807, 2.05) is 55.5 Å². The zero-order valence-electron chi connectivity index (χ0n) is 18.1. The van der Waals surface area contributed by atoms with Crippen molar-refractivity contribution in [3.8, 4) is 11.1 Å². The van der Waals surface area contributed by atoms with Crippen LogP contribution in [0.15, 0.2) is 54.6 Å². The largest absolute Gasteiger partial charge is 0.383 e. The monoisotopic (exact) mass is 414 g/mol. The molecule has 2 heterocycles. The zero-order chi connectivity index (χ0) is 22.2. The zero-order valence-corrected chi connectivity index (χ0v) is 18.1. The van der Waals surface area contributed by atoms with Crippen molar-refractivity contribution in [3.05, 3.63) is 65.9 Å². The van der Waals surface area contributed by atoms with E-state index in [1.54, 1.807) is 0 Å². The SMILES string of the molecule is Cc1ccc(NC(=O)Nc2ccc(-c3cc(C(C)(C)C)nc4n[nH]c(N)c34)cc2)cc1. The summed E-state index contributed by atoms with van der Waals surface area (Å²) in [5, 5.41) is 13.6. The van der Waals surface area contributed by atoms with Crippen LogP contribution >= 0.6 is 0 Å². The van der Waals surface area contributed by atoms with E-state index in [4.69, 9.17) is 5.73 Å². The van der Waals surface area contributed by atoms with Crippen LogP contribution in [-0.4, -0.2) is 21.2 Å². The molecule has 0 spiro atoms. The molecule has 2 aromatic heterocycles. The number of aromatic nitrogens is 3. The van der Waals surface area contributed by atoms with Gasteiger partial charge in [0.1, 0.15) is 5.82 Å². The molecule has 158 valence electrons. The van der Waals surface area contributed by atoms with E-state index in [-0.39, 0.29) is 11.4 Å². The fraction of sp³-hybridized carbons (Fsp3) is 0.208. The summed E-state index contributed by atoms with van der Waals surface area (Å²) < 4.78 is 0. The maximum absolute atomic E-state index is 12.3. The third-order valence-corrected chi connectivity index (χ3v) is 5.08. The van der Waals surface area contributed by atoms with E-state index in [0.717, 1.165) is 33.5 Å². The molecule has 0 fully saturated rings. The Morgan fingerprint density at radius 3 is 2.13 bits per heavy atom. The molecule has 0 saturated heterocycles. The number of hydrogen-bond donors (Lipinski definition) is 4. The molecule has 5 N–H and O–H groups in total. The van der Waals surface area contributed by atoms with Crippen molar-refractivity contribution in [3.63, 3.8) is 0 Å². The highest BCUT2D eigenvalue weighted by Gasteiger charge is 2.21. The Kier molecular flexibility index (Phi) is 5.10. The minimum Gasteiger partial charge on any atom is -0.383 e. The number of anilines is 3. The van der Waals surface area contributed by atoms with Gasteiger partial charge < -0.3 is 16.4 Å². The Bertz CT molecular complexity index is 1230. The summed E-state index contributed by atoms with van der Waals surface area (Å²) in [6.45, 7) is 8.34. The summed E-state index contributed by atoms with van der Waals surface area (Å²) in [5.74, 6) is 0.484. The Morgan fingerprint density at radius 2 is 1.55 bits per heavy atom. The molecule has 0 radical (unpaired) electrons. The molecular formula is C24H26N6O. The van der Waals surface area contributed by atoms with Crippen LogP contribution in [0.2, 0.25) is 0 Å². The standard InChI is InChI=1S/C24H26N6O/c1-14-5-9-16(10-6-14)26-23(31)27-17-11-7-15(8-12-17)18-13-19(24(2,3)4)28-22-20(18)21(25)29-30-22/h5-13H,1-4H3,(H2,26,27,31)(H3,25,28,29,30). The molecule has 0 bridgehead atoms. The number of nitrogens with zero attached hydrogens (tertiary/aromatic N) is 2. The minimum absolute atomic E-state index is 0.133.